The molecule has 0 aliphatic carbocycles. The van der Waals surface area contributed by atoms with E-state index >= 15 is 0 Å². The molecular formula is C14H29N3O. The lowest BCUT2D eigenvalue weighted by atomic mass is 9.97. The normalized spacial score (nSPS) is 19.7. The summed E-state index contributed by atoms with van der Waals surface area (Å²) in [6, 6.07) is 0.310. The SMILES string of the molecule is CCCC(C)NC(=O)CN1CCC(CNC)CC1. The van der Waals surface area contributed by atoms with Crippen molar-refractivity contribution in [1.82, 2.24) is 15.5 Å². The second-order valence-electron chi connectivity index (χ2n) is 5.53. The molecule has 1 unspecified atom stereocenters. The van der Waals surface area contributed by atoms with Crippen LogP contribution in [0.1, 0.15) is 39.5 Å². The van der Waals surface area contributed by atoms with Crippen LogP contribution in [-0.2, 0) is 4.79 Å². The number of hydrogen-bond acceptors (Lipinski definition) is 3. The van der Waals surface area contributed by atoms with Gasteiger partial charge < -0.3 is 10.6 Å². The van der Waals surface area contributed by atoms with E-state index < -0.39 is 0 Å². The number of likely N-dealkylation sites (tertiary alicyclic amines) is 1. The molecule has 1 saturated heterocycles. The smallest absolute Gasteiger partial charge is 0.234 e. The Morgan fingerprint density at radius 2 is 2.06 bits per heavy atom. The van der Waals surface area contributed by atoms with Gasteiger partial charge in [-0.05, 0) is 58.8 Å². The minimum atomic E-state index is 0.183. The van der Waals surface area contributed by atoms with Crippen LogP contribution >= 0.6 is 0 Å². The van der Waals surface area contributed by atoms with Gasteiger partial charge in [-0.2, -0.15) is 0 Å². The summed E-state index contributed by atoms with van der Waals surface area (Å²) < 4.78 is 0. The first-order chi connectivity index (χ1) is 8.65. The van der Waals surface area contributed by atoms with E-state index in [9.17, 15) is 4.79 Å². The minimum Gasteiger partial charge on any atom is -0.353 e. The molecule has 1 fully saturated rings. The molecule has 0 aromatic rings. The van der Waals surface area contributed by atoms with Crippen molar-refractivity contribution in [3.05, 3.63) is 0 Å². The van der Waals surface area contributed by atoms with E-state index in [0.29, 0.717) is 12.6 Å². The summed E-state index contributed by atoms with van der Waals surface area (Å²) in [6.07, 6.45) is 4.60. The number of nitrogens with one attached hydrogen (secondary N) is 2. The zero-order valence-corrected chi connectivity index (χ0v) is 12.2. The van der Waals surface area contributed by atoms with Crippen molar-refractivity contribution in [3.63, 3.8) is 0 Å². The van der Waals surface area contributed by atoms with Crippen LogP contribution in [0.3, 0.4) is 0 Å². The largest absolute Gasteiger partial charge is 0.353 e. The Kier molecular flexibility index (Phi) is 7.28. The topological polar surface area (TPSA) is 44.4 Å². The number of piperidine rings is 1. The van der Waals surface area contributed by atoms with Gasteiger partial charge in [0.05, 0.1) is 6.54 Å². The lowest BCUT2D eigenvalue weighted by molar-refractivity contribution is -0.123. The molecule has 2 N–H and O–H groups in total. The van der Waals surface area contributed by atoms with Gasteiger partial charge in [-0.3, -0.25) is 9.69 Å². The molecule has 0 saturated carbocycles. The summed E-state index contributed by atoms with van der Waals surface area (Å²) in [5.74, 6) is 0.969. The maximum atomic E-state index is 11.8. The van der Waals surface area contributed by atoms with Gasteiger partial charge in [0.1, 0.15) is 0 Å². The van der Waals surface area contributed by atoms with Crippen molar-refractivity contribution in [3.8, 4) is 0 Å². The summed E-state index contributed by atoms with van der Waals surface area (Å²) in [7, 11) is 2.01. The van der Waals surface area contributed by atoms with Crippen molar-refractivity contribution in [2.24, 2.45) is 5.92 Å². The molecule has 1 aliphatic heterocycles. The van der Waals surface area contributed by atoms with Crippen LogP contribution in [0.2, 0.25) is 0 Å². The molecule has 4 heteroatoms. The first-order valence-electron chi connectivity index (χ1n) is 7.32. The molecule has 1 heterocycles. The number of rotatable bonds is 7. The zero-order chi connectivity index (χ0) is 13.4. The van der Waals surface area contributed by atoms with Crippen molar-refractivity contribution in [2.75, 3.05) is 33.2 Å². The molecule has 106 valence electrons. The van der Waals surface area contributed by atoms with Gasteiger partial charge >= 0.3 is 0 Å². The van der Waals surface area contributed by atoms with E-state index in [0.717, 1.165) is 38.4 Å². The van der Waals surface area contributed by atoms with Gasteiger partial charge in [-0.15, -0.1) is 0 Å². The Morgan fingerprint density at radius 1 is 1.39 bits per heavy atom. The number of carbonyl (C=O) groups is 1. The van der Waals surface area contributed by atoms with E-state index in [1.165, 1.54) is 12.8 Å². The maximum Gasteiger partial charge on any atom is 0.234 e. The van der Waals surface area contributed by atoms with Gasteiger partial charge in [-0.1, -0.05) is 13.3 Å². The fourth-order valence-electron chi connectivity index (χ4n) is 2.67. The molecule has 0 aromatic heterocycles. The average Bonchev–Trinajstić information content (AvgIpc) is 2.32. The molecule has 4 nitrogen and oxygen atoms in total. The number of hydrogen-bond donors (Lipinski definition) is 2. The van der Waals surface area contributed by atoms with E-state index in [4.69, 9.17) is 0 Å². The minimum absolute atomic E-state index is 0.183. The molecule has 0 radical (unpaired) electrons. The second-order valence-corrected chi connectivity index (χ2v) is 5.53. The van der Waals surface area contributed by atoms with Crippen LogP contribution in [0.4, 0.5) is 0 Å². The second kappa shape index (κ2) is 8.48. The van der Waals surface area contributed by atoms with Crippen LogP contribution < -0.4 is 10.6 Å². The predicted octanol–water partition coefficient (Wildman–Crippen LogP) is 1.22. The first kappa shape index (κ1) is 15.4. The Hall–Kier alpha value is -0.610. The van der Waals surface area contributed by atoms with E-state index in [1.54, 1.807) is 0 Å². The number of amides is 1. The third kappa shape index (κ3) is 5.83. The summed E-state index contributed by atoms with van der Waals surface area (Å²) in [5.41, 5.74) is 0. The average molecular weight is 255 g/mol. The lowest BCUT2D eigenvalue weighted by Crippen LogP contribution is -2.44. The summed E-state index contributed by atoms with van der Waals surface area (Å²) in [5, 5.41) is 6.31. The van der Waals surface area contributed by atoms with Crippen LogP contribution in [0.5, 0.6) is 0 Å². The zero-order valence-electron chi connectivity index (χ0n) is 12.2. The third-order valence-corrected chi connectivity index (χ3v) is 3.70. The van der Waals surface area contributed by atoms with Crippen LogP contribution in [-0.4, -0.2) is 50.1 Å². The molecular weight excluding hydrogens is 226 g/mol. The number of carbonyl (C=O) groups excluding carboxylic acids is 1. The number of nitrogens with zero attached hydrogens (tertiary/aromatic N) is 1. The van der Waals surface area contributed by atoms with Crippen LogP contribution in [0.15, 0.2) is 0 Å². The summed E-state index contributed by atoms with van der Waals surface area (Å²) in [6.45, 7) is 8.02. The van der Waals surface area contributed by atoms with Crippen molar-refractivity contribution in [2.45, 2.75) is 45.6 Å². The molecule has 1 aliphatic rings. The van der Waals surface area contributed by atoms with E-state index in [-0.39, 0.29) is 5.91 Å². The monoisotopic (exact) mass is 255 g/mol. The summed E-state index contributed by atoms with van der Waals surface area (Å²) >= 11 is 0. The predicted molar refractivity (Wildman–Crippen MR) is 75.6 cm³/mol. The maximum absolute atomic E-state index is 11.8. The molecule has 1 atom stereocenters. The standard InChI is InChI=1S/C14H29N3O/c1-4-5-12(2)16-14(18)11-17-8-6-13(7-9-17)10-15-3/h12-13,15H,4-11H2,1-3H3,(H,16,18). The Bertz CT molecular complexity index is 237. The molecule has 1 rings (SSSR count). The van der Waals surface area contributed by atoms with Gasteiger partial charge in [0.15, 0.2) is 0 Å². The van der Waals surface area contributed by atoms with Gasteiger partial charge in [0, 0.05) is 6.04 Å². The lowest BCUT2D eigenvalue weighted by Gasteiger charge is -2.31. The van der Waals surface area contributed by atoms with Crippen LogP contribution in [0, 0.1) is 5.92 Å². The van der Waals surface area contributed by atoms with Gasteiger partial charge in [-0.25, -0.2) is 0 Å². The van der Waals surface area contributed by atoms with Gasteiger partial charge in [0.2, 0.25) is 5.91 Å². The fourth-order valence-corrected chi connectivity index (χ4v) is 2.67. The van der Waals surface area contributed by atoms with E-state index in [2.05, 4.69) is 29.4 Å². The van der Waals surface area contributed by atoms with Crippen molar-refractivity contribution < 1.29 is 4.79 Å². The molecule has 0 spiro atoms. The highest BCUT2D eigenvalue weighted by molar-refractivity contribution is 5.78. The van der Waals surface area contributed by atoms with Crippen molar-refractivity contribution in [1.29, 1.82) is 0 Å². The highest BCUT2D eigenvalue weighted by Gasteiger charge is 2.20. The first-order valence-corrected chi connectivity index (χ1v) is 7.32. The third-order valence-electron chi connectivity index (χ3n) is 3.70. The van der Waals surface area contributed by atoms with Crippen molar-refractivity contribution >= 4 is 5.91 Å². The fraction of sp³-hybridized carbons (Fsp3) is 0.929. The molecule has 1 amide bonds. The Morgan fingerprint density at radius 3 is 2.61 bits per heavy atom. The Labute approximate surface area is 111 Å². The molecule has 18 heavy (non-hydrogen) atoms. The highest BCUT2D eigenvalue weighted by Crippen LogP contribution is 2.15. The Balaban J connectivity index is 2.18. The molecule has 0 aromatic carbocycles. The summed E-state index contributed by atoms with van der Waals surface area (Å²) in [4.78, 5) is 14.1. The van der Waals surface area contributed by atoms with Crippen LogP contribution in [0.25, 0.3) is 0 Å². The van der Waals surface area contributed by atoms with E-state index in [1.807, 2.05) is 7.05 Å². The quantitative estimate of drug-likeness (QED) is 0.719. The highest BCUT2D eigenvalue weighted by atomic mass is 16.2. The van der Waals surface area contributed by atoms with Gasteiger partial charge in [0.25, 0.3) is 0 Å². The molecule has 0 bridgehead atoms.